The molecule has 19 heavy (non-hydrogen) atoms. The van der Waals surface area contributed by atoms with Gasteiger partial charge in [-0.25, -0.2) is 4.39 Å². The van der Waals surface area contributed by atoms with E-state index in [9.17, 15) is 4.39 Å². The number of hydrogen-bond donors (Lipinski definition) is 0. The number of aromatic nitrogens is 1. The van der Waals surface area contributed by atoms with Crippen LogP contribution in [0.4, 0.5) is 4.39 Å². The Morgan fingerprint density at radius 3 is 2.63 bits per heavy atom. The van der Waals surface area contributed by atoms with E-state index in [1.54, 1.807) is 6.07 Å². The Balaban J connectivity index is 2.01. The summed E-state index contributed by atoms with van der Waals surface area (Å²) >= 11 is 12.0. The molecule has 0 unspecified atom stereocenters. The van der Waals surface area contributed by atoms with Crippen LogP contribution in [0.5, 0.6) is 0 Å². The first-order chi connectivity index (χ1) is 9.13. The molecular formula is C15H10Cl2FN. The fraction of sp³-hybridized carbons (Fsp3) is 0.0667. The summed E-state index contributed by atoms with van der Waals surface area (Å²) in [5.41, 5.74) is 1.96. The molecule has 0 amide bonds. The van der Waals surface area contributed by atoms with Crippen molar-refractivity contribution < 1.29 is 4.39 Å². The highest BCUT2D eigenvalue weighted by Gasteiger charge is 2.06. The molecular weight excluding hydrogens is 284 g/mol. The highest BCUT2D eigenvalue weighted by atomic mass is 35.5. The number of rotatable bonds is 2. The Morgan fingerprint density at radius 2 is 1.84 bits per heavy atom. The molecule has 3 aromatic rings. The molecule has 1 heterocycles. The van der Waals surface area contributed by atoms with E-state index in [1.807, 2.05) is 30.5 Å². The van der Waals surface area contributed by atoms with Gasteiger partial charge in [-0.2, -0.15) is 0 Å². The van der Waals surface area contributed by atoms with Crippen LogP contribution >= 0.6 is 23.2 Å². The minimum Gasteiger partial charge on any atom is -0.343 e. The zero-order valence-electron chi connectivity index (χ0n) is 9.91. The summed E-state index contributed by atoms with van der Waals surface area (Å²) < 4.78 is 15.1. The monoisotopic (exact) mass is 293 g/mol. The van der Waals surface area contributed by atoms with E-state index in [2.05, 4.69) is 4.57 Å². The summed E-state index contributed by atoms with van der Waals surface area (Å²) in [6.07, 6.45) is 1.97. The minimum absolute atomic E-state index is 0.321. The first-order valence-corrected chi connectivity index (χ1v) is 6.57. The van der Waals surface area contributed by atoms with Crippen LogP contribution in [-0.4, -0.2) is 4.57 Å². The zero-order chi connectivity index (χ0) is 13.4. The van der Waals surface area contributed by atoms with Gasteiger partial charge in [0.15, 0.2) is 0 Å². The first-order valence-electron chi connectivity index (χ1n) is 5.82. The van der Waals surface area contributed by atoms with Gasteiger partial charge >= 0.3 is 0 Å². The fourth-order valence-corrected chi connectivity index (χ4v) is 2.55. The summed E-state index contributed by atoms with van der Waals surface area (Å²) in [5, 5.41) is 2.23. The quantitative estimate of drug-likeness (QED) is 0.617. The molecule has 2 aromatic carbocycles. The van der Waals surface area contributed by atoms with E-state index < -0.39 is 0 Å². The number of nitrogens with zero attached hydrogens (tertiary/aromatic N) is 1. The fourth-order valence-electron chi connectivity index (χ4n) is 2.14. The maximum Gasteiger partial charge on any atom is 0.124 e. The van der Waals surface area contributed by atoms with Gasteiger partial charge in [-0.05, 0) is 42.0 Å². The minimum atomic E-state index is -0.321. The van der Waals surface area contributed by atoms with Crippen molar-refractivity contribution in [3.05, 3.63) is 70.1 Å². The van der Waals surface area contributed by atoms with Crippen LogP contribution in [0.1, 0.15) is 5.56 Å². The van der Waals surface area contributed by atoms with Gasteiger partial charge in [0.05, 0.1) is 0 Å². The molecule has 0 fully saturated rings. The SMILES string of the molecule is Fc1ccc(Cn2ccc3cc(Cl)ccc32)c(Cl)c1. The summed E-state index contributed by atoms with van der Waals surface area (Å²) in [4.78, 5) is 0. The average Bonchev–Trinajstić information content (AvgIpc) is 2.75. The van der Waals surface area contributed by atoms with Crippen molar-refractivity contribution in [2.24, 2.45) is 0 Å². The summed E-state index contributed by atoms with van der Waals surface area (Å²) in [5.74, 6) is -0.321. The molecule has 1 nitrogen and oxygen atoms in total. The molecule has 4 heteroatoms. The Morgan fingerprint density at radius 1 is 1.00 bits per heavy atom. The normalized spacial score (nSPS) is 11.1. The largest absolute Gasteiger partial charge is 0.343 e. The standard InChI is InChI=1S/C15H10Cl2FN/c16-12-2-4-15-10(7-12)5-6-19(15)9-11-1-3-13(18)8-14(11)17/h1-8H,9H2. The van der Waals surface area contributed by atoms with Crippen LogP contribution in [-0.2, 0) is 6.54 Å². The lowest BCUT2D eigenvalue weighted by atomic mass is 10.2. The summed E-state index contributed by atoms with van der Waals surface area (Å²) in [7, 11) is 0. The van der Waals surface area contributed by atoms with Crippen molar-refractivity contribution in [1.82, 2.24) is 4.57 Å². The van der Waals surface area contributed by atoms with Crippen LogP contribution in [0.2, 0.25) is 10.0 Å². The van der Waals surface area contributed by atoms with Crippen molar-refractivity contribution in [3.8, 4) is 0 Å². The Bertz CT molecular complexity index is 749. The predicted molar refractivity (Wildman–Crippen MR) is 77.5 cm³/mol. The topological polar surface area (TPSA) is 4.93 Å². The van der Waals surface area contributed by atoms with Gasteiger partial charge in [0.1, 0.15) is 5.82 Å². The second kappa shape index (κ2) is 4.87. The van der Waals surface area contributed by atoms with E-state index >= 15 is 0 Å². The van der Waals surface area contributed by atoms with Gasteiger partial charge in [0.2, 0.25) is 0 Å². The highest BCUT2D eigenvalue weighted by Crippen LogP contribution is 2.24. The molecule has 0 radical (unpaired) electrons. The third kappa shape index (κ3) is 2.46. The third-order valence-corrected chi connectivity index (χ3v) is 3.68. The smallest absolute Gasteiger partial charge is 0.124 e. The molecule has 0 atom stereocenters. The maximum absolute atomic E-state index is 13.0. The average molecular weight is 294 g/mol. The molecule has 3 rings (SSSR count). The van der Waals surface area contributed by atoms with E-state index in [0.29, 0.717) is 16.6 Å². The summed E-state index contributed by atoms with van der Waals surface area (Å²) in [6.45, 7) is 0.601. The van der Waals surface area contributed by atoms with Crippen molar-refractivity contribution in [3.63, 3.8) is 0 Å². The second-order valence-electron chi connectivity index (χ2n) is 4.38. The van der Waals surface area contributed by atoms with Crippen molar-refractivity contribution in [2.75, 3.05) is 0 Å². The molecule has 0 saturated heterocycles. The lowest BCUT2D eigenvalue weighted by molar-refractivity contribution is 0.626. The van der Waals surface area contributed by atoms with E-state index in [-0.39, 0.29) is 5.82 Å². The molecule has 0 aliphatic heterocycles. The molecule has 0 aliphatic rings. The van der Waals surface area contributed by atoms with Crippen LogP contribution in [0.15, 0.2) is 48.7 Å². The lowest BCUT2D eigenvalue weighted by Crippen LogP contribution is -1.98. The van der Waals surface area contributed by atoms with Gasteiger partial charge in [-0.15, -0.1) is 0 Å². The molecule has 96 valence electrons. The molecule has 0 saturated carbocycles. The number of benzene rings is 2. The maximum atomic E-state index is 13.0. The number of hydrogen-bond acceptors (Lipinski definition) is 0. The predicted octanol–water partition coefficient (Wildman–Crippen LogP) is 5.14. The van der Waals surface area contributed by atoms with Gasteiger partial charge in [-0.3, -0.25) is 0 Å². The zero-order valence-corrected chi connectivity index (χ0v) is 11.4. The third-order valence-electron chi connectivity index (χ3n) is 3.09. The Kier molecular flexibility index (Phi) is 3.21. The van der Waals surface area contributed by atoms with Crippen molar-refractivity contribution in [2.45, 2.75) is 6.54 Å². The number of halogens is 3. The first kappa shape index (κ1) is 12.5. The van der Waals surface area contributed by atoms with Crippen LogP contribution in [0.3, 0.4) is 0 Å². The molecule has 0 aliphatic carbocycles. The highest BCUT2D eigenvalue weighted by molar-refractivity contribution is 6.31. The number of fused-ring (bicyclic) bond motifs is 1. The van der Waals surface area contributed by atoms with E-state index in [4.69, 9.17) is 23.2 Å². The second-order valence-corrected chi connectivity index (χ2v) is 5.23. The lowest BCUT2D eigenvalue weighted by Gasteiger charge is -2.08. The van der Waals surface area contributed by atoms with Crippen molar-refractivity contribution >= 4 is 34.1 Å². The van der Waals surface area contributed by atoms with E-state index in [1.165, 1.54) is 12.1 Å². The van der Waals surface area contributed by atoms with Crippen LogP contribution in [0, 0.1) is 5.82 Å². The molecule has 0 bridgehead atoms. The van der Waals surface area contributed by atoms with Gasteiger partial charge in [0.25, 0.3) is 0 Å². The molecule has 1 aromatic heterocycles. The summed E-state index contributed by atoms with van der Waals surface area (Å²) in [6, 6.07) is 12.2. The van der Waals surface area contributed by atoms with Gasteiger partial charge in [0, 0.05) is 33.7 Å². The van der Waals surface area contributed by atoms with Crippen molar-refractivity contribution in [1.29, 1.82) is 0 Å². The Hall–Kier alpha value is -1.51. The van der Waals surface area contributed by atoms with E-state index in [0.717, 1.165) is 16.5 Å². The van der Waals surface area contributed by atoms with Crippen LogP contribution in [0.25, 0.3) is 10.9 Å². The molecule has 0 spiro atoms. The van der Waals surface area contributed by atoms with Gasteiger partial charge < -0.3 is 4.57 Å². The molecule has 0 N–H and O–H groups in total. The van der Waals surface area contributed by atoms with Crippen LogP contribution < -0.4 is 0 Å². The van der Waals surface area contributed by atoms with Gasteiger partial charge in [-0.1, -0.05) is 29.3 Å². The Labute approximate surface area is 120 Å².